The monoisotopic (exact) mass is 394 g/mol. The predicted molar refractivity (Wildman–Crippen MR) is 117 cm³/mol. The molecule has 0 aromatic rings. The number of aliphatic hydroxyl groups excluding tert-OH is 2. The predicted octanol–water partition coefficient (Wildman–Crippen LogP) is 3.91. The van der Waals surface area contributed by atoms with Gasteiger partial charge in [0.2, 0.25) is 0 Å². The van der Waals surface area contributed by atoms with Crippen molar-refractivity contribution in [2.24, 2.45) is 17.3 Å². The van der Waals surface area contributed by atoms with Crippen LogP contribution in [0.3, 0.4) is 0 Å². The van der Waals surface area contributed by atoms with E-state index < -0.39 is 17.8 Å². The summed E-state index contributed by atoms with van der Waals surface area (Å²) in [5, 5.41) is 29.8. The summed E-state index contributed by atoms with van der Waals surface area (Å²) >= 11 is 0. The lowest BCUT2D eigenvalue weighted by molar-refractivity contribution is 0.0862. The second-order valence-corrected chi connectivity index (χ2v) is 9.69. The number of hydrogen-bond donors (Lipinski definition) is 3. The maximum Gasteiger partial charge on any atom is 0.120 e. The van der Waals surface area contributed by atoms with Gasteiger partial charge in [0.15, 0.2) is 0 Å². The lowest BCUT2D eigenvalue weighted by Crippen LogP contribution is -2.32. The minimum Gasteiger partial charge on any atom is -0.393 e. The van der Waals surface area contributed by atoms with Crippen molar-refractivity contribution in [1.82, 2.24) is 0 Å². The van der Waals surface area contributed by atoms with Gasteiger partial charge in [-0.3, -0.25) is 0 Å². The van der Waals surface area contributed by atoms with Gasteiger partial charge >= 0.3 is 0 Å². The topological polar surface area (TPSA) is 60.7 Å². The molecule has 0 aromatic carbocycles. The fourth-order valence-electron chi connectivity index (χ4n) is 5.25. The van der Waals surface area contributed by atoms with Crippen molar-refractivity contribution in [2.45, 2.75) is 83.5 Å². The van der Waals surface area contributed by atoms with Gasteiger partial charge < -0.3 is 15.3 Å². The number of rotatable bonds is 1. The lowest BCUT2D eigenvalue weighted by Gasteiger charge is -2.40. The summed E-state index contributed by atoms with van der Waals surface area (Å²) < 4.78 is 0. The highest BCUT2D eigenvalue weighted by Gasteiger charge is 2.48. The van der Waals surface area contributed by atoms with Gasteiger partial charge in [0, 0.05) is 12.3 Å². The minimum atomic E-state index is -1.00. The molecule has 0 aromatic heterocycles. The van der Waals surface area contributed by atoms with Crippen LogP contribution in [0.2, 0.25) is 0 Å². The van der Waals surface area contributed by atoms with Crippen LogP contribution in [-0.4, -0.2) is 33.1 Å². The van der Waals surface area contributed by atoms with E-state index in [1.54, 1.807) is 13.8 Å². The van der Waals surface area contributed by atoms with Crippen molar-refractivity contribution in [2.75, 3.05) is 0 Å². The first-order valence-electron chi connectivity index (χ1n) is 10.8. The van der Waals surface area contributed by atoms with Crippen molar-refractivity contribution in [3.63, 3.8) is 0 Å². The second kappa shape index (κ2) is 8.53. The van der Waals surface area contributed by atoms with E-state index in [9.17, 15) is 15.3 Å². The third-order valence-electron chi connectivity index (χ3n) is 6.91. The van der Waals surface area contributed by atoms with Crippen LogP contribution < -0.4 is 0 Å². The highest BCUT2D eigenvalue weighted by Crippen LogP contribution is 2.57. The average molecular weight is 395 g/mol. The van der Waals surface area contributed by atoms with Crippen LogP contribution in [0.15, 0.2) is 35.5 Å². The molecule has 3 aliphatic rings. The van der Waals surface area contributed by atoms with Gasteiger partial charge in [-0.2, -0.15) is 0 Å². The largest absolute Gasteiger partial charge is 0.393 e. The highest BCUT2D eigenvalue weighted by molar-refractivity contribution is 5.39. The summed E-state index contributed by atoms with van der Waals surface area (Å²) in [7, 11) is 0. The molecular formula is C26H34O3. The molecule has 0 spiro atoms. The Labute approximate surface area is 175 Å². The van der Waals surface area contributed by atoms with Crippen LogP contribution in [0.25, 0.3) is 0 Å². The molecule has 3 nitrogen and oxygen atoms in total. The number of allylic oxidation sites excluding steroid dienone is 3. The maximum atomic E-state index is 10.1. The van der Waals surface area contributed by atoms with Crippen molar-refractivity contribution in [1.29, 1.82) is 0 Å². The molecule has 5 unspecified atom stereocenters. The fraction of sp³-hybridized carbons (Fsp3) is 0.615. The minimum absolute atomic E-state index is 0.161. The van der Waals surface area contributed by atoms with E-state index >= 15 is 0 Å². The zero-order valence-electron chi connectivity index (χ0n) is 18.0. The normalized spacial score (nSPS) is 37.5. The van der Waals surface area contributed by atoms with Crippen LogP contribution in [0.4, 0.5) is 0 Å². The Bertz CT molecular complexity index is 833. The fourth-order valence-corrected chi connectivity index (χ4v) is 5.25. The Morgan fingerprint density at radius 2 is 1.93 bits per heavy atom. The van der Waals surface area contributed by atoms with Crippen LogP contribution in [0.1, 0.15) is 65.7 Å². The van der Waals surface area contributed by atoms with Crippen LogP contribution >= 0.6 is 0 Å². The van der Waals surface area contributed by atoms with E-state index in [0.717, 1.165) is 36.8 Å². The Morgan fingerprint density at radius 3 is 2.66 bits per heavy atom. The number of fused-ring (bicyclic) bond motifs is 1. The summed E-state index contributed by atoms with van der Waals surface area (Å²) in [4.78, 5) is 0. The van der Waals surface area contributed by atoms with Crippen molar-refractivity contribution in [3.8, 4) is 23.7 Å². The first kappa shape index (κ1) is 21.9. The van der Waals surface area contributed by atoms with E-state index in [2.05, 4.69) is 49.3 Å². The molecule has 3 N–H and O–H groups in total. The molecule has 0 radical (unpaired) electrons. The van der Waals surface area contributed by atoms with Gasteiger partial charge in [-0.1, -0.05) is 43.1 Å². The Balaban J connectivity index is 1.78. The van der Waals surface area contributed by atoms with Crippen LogP contribution in [-0.2, 0) is 0 Å². The molecular weight excluding hydrogens is 360 g/mol. The SMILES string of the molecule is C=C1/C(=C\C=C2/CCCC3(C)C(C#CC#CC(C)(C)O)CCC23)CC(O)CC1O. The van der Waals surface area contributed by atoms with Gasteiger partial charge in [-0.05, 0) is 86.7 Å². The molecule has 0 saturated heterocycles. The van der Waals surface area contributed by atoms with Crippen molar-refractivity contribution in [3.05, 3.63) is 35.5 Å². The maximum absolute atomic E-state index is 10.1. The molecule has 3 rings (SSSR count). The second-order valence-electron chi connectivity index (χ2n) is 9.69. The van der Waals surface area contributed by atoms with Crippen molar-refractivity contribution >= 4 is 0 Å². The molecule has 0 heterocycles. The van der Waals surface area contributed by atoms with Gasteiger partial charge in [0.05, 0.1) is 12.2 Å². The van der Waals surface area contributed by atoms with Gasteiger partial charge in [-0.15, -0.1) is 0 Å². The molecule has 3 heteroatoms. The molecule has 156 valence electrons. The molecule has 0 aliphatic heterocycles. The van der Waals surface area contributed by atoms with Gasteiger partial charge in [-0.25, -0.2) is 0 Å². The molecule has 3 aliphatic carbocycles. The highest BCUT2D eigenvalue weighted by atomic mass is 16.3. The third-order valence-corrected chi connectivity index (χ3v) is 6.91. The van der Waals surface area contributed by atoms with Gasteiger partial charge in [0.25, 0.3) is 0 Å². The number of aliphatic hydroxyl groups is 3. The van der Waals surface area contributed by atoms with Crippen LogP contribution in [0.5, 0.6) is 0 Å². The zero-order valence-corrected chi connectivity index (χ0v) is 18.0. The Morgan fingerprint density at radius 1 is 1.17 bits per heavy atom. The quantitative estimate of drug-likeness (QED) is 0.591. The summed E-state index contributed by atoms with van der Waals surface area (Å²) in [6.07, 6.45) is 9.74. The summed E-state index contributed by atoms with van der Waals surface area (Å²) in [5.74, 6) is 12.8. The smallest absolute Gasteiger partial charge is 0.120 e. The summed E-state index contributed by atoms with van der Waals surface area (Å²) in [6.45, 7) is 9.71. The molecule has 0 bridgehead atoms. The van der Waals surface area contributed by atoms with E-state index in [1.807, 2.05) is 0 Å². The average Bonchev–Trinajstić information content (AvgIpc) is 2.96. The molecule has 3 fully saturated rings. The van der Waals surface area contributed by atoms with E-state index in [0.29, 0.717) is 24.7 Å². The Hall–Kier alpha value is -1.78. The lowest BCUT2D eigenvalue weighted by atomic mass is 9.63. The third kappa shape index (κ3) is 5.04. The van der Waals surface area contributed by atoms with E-state index in [-0.39, 0.29) is 5.41 Å². The summed E-state index contributed by atoms with van der Waals surface area (Å²) in [6, 6.07) is 0. The summed E-state index contributed by atoms with van der Waals surface area (Å²) in [5.41, 5.74) is 2.32. The molecule has 5 atom stereocenters. The van der Waals surface area contributed by atoms with E-state index in [4.69, 9.17) is 0 Å². The van der Waals surface area contributed by atoms with E-state index in [1.165, 1.54) is 12.0 Å². The standard InChI is InChI=1S/C26H34O3/c1-18-20(16-22(27)17-24(18)28)11-10-19-8-7-15-26(4)21(12-13-23(19)26)9-5-6-14-25(2,3)29/h10-11,21-24,27-29H,1,7-8,12-13,15-17H2,2-4H3/b19-10+,20-11-. The van der Waals surface area contributed by atoms with Crippen molar-refractivity contribution < 1.29 is 15.3 Å². The first-order valence-corrected chi connectivity index (χ1v) is 10.8. The van der Waals surface area contributed by atoms with Gasteiger partial charge in [0.1, 0.15) is 5.60 Å². The van der Waals surface area contributed by atoms with Crippen LogP contribution in [0, 0.1) is 40.9 Å². The molecule has 29 heavy (non-hydrogen) atoms. The molecule has 0 amide bonds. The first-order chi connectivity index (χ1) is 13.6. The number of hydrogen-bond acceptors (Lipinski definition) is 3. The zero-order chi connectivity index (χ0) is 21.2. The Kier molecular flexibility index (Phi) is 6.45. The molecule has 3 saturated carbocycles.